The molecule has 1 saturated heterocycles. The summed E-state index contributed by atoms with van der Waals surface area (Å²) >= 11 is 2.52. The van der Waals surface area contributed by atoms with E-state index in [0.717, 1.165) is 12.1 Å². The first kappa shape index (κ1) is 22.0. The molecule has 0 atom stereocenters. The van der Waals surface area contributed by atoms with Crippen molar-refractivity contribution in [2.24, 2.45) is 0 Å². The summed E-state index contributed by atoms with van der Waals surface area (Å²) in [5.41, 5.74) is 0.234. The third-order valence-electron chi connectivity index (χ3n) is 4.21. The quantitative estimate of drug-likeness (QED) is 0.615. The number of nitriles is 1. The van der Waals surface area contributed by atoms with E-state index in [-0.39, 0.29) is 11.5 Å². The monoisotopic (exact) mass is 458 g/mol. The number of hydrogen-bond acceptors (Lipinski definition) is 6. The van der Waals surface area contributed by atoms with Crippen LogP contribution in [0.15, 0.2) is 51.1 Å². The molecule has 0 aliphatic carbocycles. The van der Waals surface area contributed by atoms with Gasteiger partial charge in [-0.1, -0.05) is 11.8 Å². The Morgan fingerprint density at radius 2 is 1.76 bits per heavy atom. The Bertz CT molecular complexity index is 1050. The highest BCUT2D eigenvalue weighted by Crippen LogP contribution is 2.40. The van der Waals surface area contributed by atoms with Gasteiger partial charge in [0.2, 0.25) is 0 Å². The van der Waals surface area contributed by atoms with Gasteiger partial charge < -0.3 is 0 Å². The Labute approximate surface area is 176 Å². The molecule has 1 aliphatic rings. The Morgan fingerprint density at radius 3 is 2.38 bits per heavy atom. The fraction of sp³-hybridized carbons (Fsp3) is 0.316. The van der Waals surface area contributed by atoms with Gasteiger partial charge in [0.15, 0.2) is 9.84 Å². The van der Waals surface area contributed by atoms with Gasteiger partial charge in [-0.2, -0.15) is 18.4 Å². The van der Waals surface area contributed by atoms with Crippen molar-refractivity contribution < 1.29 is 21.6 Å². The summed E-state index contributed by atoms with van der Waals surface area (Å²) in [7, 11) is -3.02. The van der Waals surface area contributed by atoms with Crippen molar-refractivity contribution in [1.29, 1.82) is 5.26 Å². The van der Waals surface area contributed by atoms with E-state index in [1.54, 1.807) is 31.2 Å². The van der Waals surface area contributed by atoms with Crippen molar-refractivity contribution in [2.75, 3.05) is 24.6 Å². The predicted molar refractivity (Wildman–Crippen MR) is 108 cm³/mol. The molecule has 0 amide bonds. The van der Waals surface area contributed by atoms with E-state index in [1.807, 2.05) is 4.31 Å². The van der Waals surface area contributed by atoms with Crippen molar-refractivity contribution in [1.82, 2.24) is 4.31 Å². The molecule has 2 aromatic carbocycles. The number of benzene rings is 2. The molecule has 3 rings (SSSR count). The van der Waals surface area contributed by atoms with E-state index >= 15 is 0 Å². The summed E-state index contributed by atoms with van der Waals surface area (Å²) in [4.78, 5) is 1.87. The summed E-state index contributed by atoms with van der Waals surface area (Å²) in [6, 6.07) is 11.0. The van der Waals surface area contributed by atoms with E-state index in [4.69, 9.17) is 0 Å². The normalized spacial score (nSPS) is 17.1. The van der Waals surface area contributed by atoms with Crippen LogP contribution >= 0.6 is 23.7 Å². The molecule has 0 N–H and O–H groups in total. The number of aryl methyl sites for hydroxylation is 1. The highest BCUT2D eigenvalue weighted by molar-refractivity contribution is 8.01. The number of nitrogens with zero attached hydrogens (tertiary/aromatic N) is 2. The predicted octanol–water partition coefficient (Wildman–Crippen LogP) is 4.77. The molecule has 4 nitrogen and oxygen atoms in total. The van der Waals surface area contributed by atoms with Crippen LogP contribution in [0.2, 0.25) is 0 Å². The maximum atomic E-state index is 13.1. The summed E-state index contributed by atoms with van der Waals surface area (Å²) in [6.07, 6.45) is -4.43. The highest BCUT2D eigenvalue weighted by atomic mass is 32.2. The molecule has 154 valence electrons. The van der Waals surface area contributed by atoms with Crippen LogP contribution in [0.3, 0.4) is 0 Å². The maximum absolute atomic E-state index is 13.1. The van der Waals surface area contributed by atoms with Crippen LogP contribution in [0, 0.1) is 18.3 Å². The molecule has 0 radical (unpaired) electrons. The zero-order valence-corrected chi connectivity index (χ0v) is 17.8. The second-order valence-corrected chi connectivity index (χ2v) is 11.1. The fourth-order valence-electron chi connectivity index (χ4n) is 2.76. The van der Waals surface area contributed by atoms with Gasteiger partial charge in [0.25, 0.3) is 0 Å². The van der Waals surface area contributed by atoms with E-state index in [1.165, 1.54) is 23.7 Å². The molecule has 1 heterocycles. The lowest BCUT2D eigenvalue weighted by molar-refractivity contribution is -0.137. The van der Waals surface area contributed by atoms with Gasteiger partial charge in [-0.15, -0.1) is 0 Å². The molecule has 1 fully saturated rings. The van der Waals surface area contributed by atoms with Gasteiger partial charge >= 0.3 is 6.18 Å². The standard InChI is InChI=1S/C19H17F3N2O2S3/c1-13-8-15(19(20,21)22)11-16(9-13)27-17-3-2-14(12-23)10-18(17)28-24-4-6-29(25,26)7-5-24/h2-3,8-11H,4-7H2,1H3. The van der Waals surface area contributed by atoms with Crippen LogP contribution in [0.1, 0.15) is 16.7 Å². The lowest BCUT2D eigenvalue weighted by atomic mass is 10.1. The smallest absolute Gasteiger partial charge is 0.244 e. The zero-order valence-electron chi connectivity index (χ0n) is 15.4. The van der Waals surface area contributed by atoms with Crippen molar-refractivity contribution in [2.45, 2.75) is 27.8 Å². The first-order valence-corrected chi connectivity index (χ1v) is 12.0. The fourth-order valence-corrected chi connectivity index (χ4v) is 6.39. The van der Waals surface area contributed by atoms with Gasteiger partial charge in [-0.25, -0.2) is 12.7 Å². The van der Waals surface area contributed by atoms with Crippen molar-refractivity contribution in [3.8, 4) is 6.07 Å². The van der Waals surface area contributed by atoms with Crippen LogP contribution in [0.25, 0.3) is 0 Å². The number of sulfone groups is 1. The molecule has 0 bridgehead atoms. The first-order valence-electron chi connectivity index (χ1n) is 8.60. The first-order chi connectivity index (χ1) is 13.6. The Kier molecular flexibility index (Phi) is 6.53. The minimum atomic E-state index is -4.43. The van der Waals surface area contributed by atoms with Gasteiger partial charge in [0.05, 0.1) is 28.7 Å². The topological polar surface area (TPSA) is 61.2 Å². The highest BCUT2D eigenvalue weighted by Gasteiger charge is 2.31. The lowest BCUT2D eigenvalue weighted by Crippen LogP contribution is -2.36. The molecule has 0 spiro atoms. The second kappa shape index (κ2) is 8.60. The summed E-state index contributed by atoms with van der Waals surface area (Å²) < 4.78 is 64.5. The van der Waals surface area contributed by atoms with Crippen molar-refractivity contribution in [3.63, 3.8) is 0 Å². The maximum Gasteiger partial charge on any atom is 0.416 e. The molecule has 29 heavy (non-hydrogen) atoms. The number of rotatable bonds is 4. The van der Waals surface area contributed by atoms with Gasteiger partial charge in [-0.05, 0) is 60.8 Å². The average molecular weight is 459 g/mol. The van der Waals surface area contributed by atoms with Crippen LogP contribution in [0.5, 0.6) is 0 Å². The molecule has 2 aromatic rings. The van der Waals surface area contributed by atoms with E-state index in [9.17, 15) is 26.9 Å². The average Bonchev–Trinajstić information content (AvgIpc) is 2.63. The van der Waals surface area contributed by atoms with Crippen LogP contribution < -0.4 is 0 Å². The SMILES string of the molecule is Cc1cc(Sc2ccc(C#N)cc2SN2CCS(=O)(=O)CC2)cc(C(F)(F)F)c1. The third-order valence-corrected chi connectivity index (χ3v) is 8.15. The second-order valence-electron chi connectivity index (χ2n) is 6.58. The molecular weight excluding hydrogens is 441 g/mol. The Hall–Kier alpha value is -1.67. The molecule has 1 aliphatic heterocycles. The summed E-state index contributed by atoms with van der Waals surface area (Å²) in [6.45, 7) is 2.33. The van der Waals surface area contributed by atoms with E-state index < -0.39 is 21.6 Å². The number of hydrogen-bond donors (Lipinski definition) is 0. The van der Waals surface area contributed by atoms with Crippen LogP contribution in [0.4, 0.5) is 13.2 Å². The molecule has 0 aromatic heterocycles. The minimum absolute atomic E-state index is 0.0627. The molecule has 10 heteroatoms. The lowest BCUT2D eigenvalue weighted by Gasteiger charge is -2.26. The molecule has 0 unspecified atom stereocenters. The molecular formula is C19H17F3N2O2S3. The Morgan fingerprint density at radius 1 is 1.07 bits per heavy atom. The van der Waals surface area contributed by atoms with Crippen molar-refractivity contribution >= 4 is 33.5 Å². The third kappa shape index (κ3) is 5.92. The summed E-state index contributed by atoms with van der Waals surface area (Å²) in [5, 5.41) is 9.20. The Balaban J connectivity index is 1.88. The number of halogens is 3. The zero-order chi connectivity index (χ0) is 21.2. The van der Waals surface area contributed by atoms with Gasteiger partial charge in [0.1, 0.15) is 0 Å². The van der Waals surface area contributed by atoms with Crippen LogP contribution in [-0.4, -0.2) is 37.3 Å². The van der Waals surface area contributed by atoms with E-state index in [0.29, 0.717) is 38.9 Å². The summed E-state index contributed by atoms with van der Waals surface area (Å²) in [5.74, 6) is 0.125. The van der Waals surface area contributed by atoms with Gasteiger partial charge in [0, 0.05) is 27.8 Å². The van der Waals surface area contributed by atoms with E-state index in [2.05, 4.69) is 6.07 Å². The largest absolute Gasteiger partial charge is 0.416 e. The van der Waals surface area contributed by atoms with Crippen LogP contribution in [-0.2, 0) is 16.0 Å². The van der Waals surface area contributed by atoms with Crippen molar-refractivity contribution in [3.05, 3.63) is 53.1 Å². The number of alkyl halides is 3. The van der Waals surface area contributed by atoms with Gasteiger partial charge in [-0.3, -0.25) is 0 Å². The molecule has 0 saturated carbocycles. The minimum Gasteiger partial charge on any atom is -0.244 e.